The van der Waals surface area contributed by atoms with Gasteiger partial charge in [-0.15, -0.1) is 0 Å². The van der Waals surface area contributed by atoms with Crippen molar-refractivity contribution < 1.29 is 0 Å². The average Bonchev–Trinajstić information content (AvgIpc) is 3.43. The Labute approximate surface area is 467 Å². The van der Waals surface area contributed by atoms with Gasteiger partial charge in [-0.05, 0) is 144 Å². The van der Waals surface area contributed by atoms with Gasteiger partial charge in [0.05, 0.1) is 0 Å². The van der Waals surface area contributed by atoms with Crippen LogP contribution in [0.25, 0.3) is 43.4 Å². The molecule has 0 spiro atoms. The lowest BCUT2D eigenvalue weighted by molar-refractivity contribution is 0.845. The Morgan fingerprint density at radius 3 is 0.961 bits per heavy atom. The zero-order chi connectivity index (χ0) is 56.0. The van der Waals surface area contributed by atoms with E-state index in [1.54, 1.807) is 0 Å². The van der Waals surface area contributed by atoms with Crippen molar-refractivity contribution in [2.45, 2.75) is 152 Å². The van der Waals surface area contributed by atoms with Gasteiger partial charge in [-0.1, -0.05) is 326 Å². The molecular formula is C77H92. The molecule has 77 heavy (non-hydrogen) atoms. The molecule has 0 heterocycles. The molecule has 0 nitrogen and oxygen atoms in total. The van der Waals surface area contributed by atoms with Crippen LogP contribution in [0.2, 0.25) is 0 Å². The molecule has 0 radical (unpaired) electrons. The standard InChI is InChI=1S/C17H16.C15H16.C13H14.C12H18.C11H16.C9H12/c1-12(2)17-15-9-5-3-7-13(15)11-14-8-4-6-10-16(14)17;1-12(2)13-8-10-15(11-9-13)14-6-4-3-5-7-14;1-10(2)12-9-5-7-11-6-3-4-8-13(11)12;1-9(2)11-5-7-12(8-6-11)10(3)4;1-8(2)11-6-9(3)5-10(4)7-11;1-8(2)9-6-4-3-5-7-9/h3-12H,1-2H3;3-12H,1-2H3;3-10H,1-2H3;5-10H,1-4H3;5-8H,1-4H3;3-8H,1-2H3. The molecule has 0 amide bonds. The minimum absolute atomic E-state index is 0.547. The highest BCUT2D eigenvalue weighted by molar-refractivity contribution is 6.02. The molecule has 0 atom stereocenters. The highest BCUT2D eigenvalue weighted by Gasteiger charge is 2.10. The maximum Gasteiger partial charge on any atom is -0.0143 e. The lowest BCUT2D eigenvalue weighted by atomic mass is 9.90. The normalized spacial score (nSPS) is 10.9. The van der Waals surface area contributed by atoms with Crippen molar-refractivity contribution in [3.63, 3.8) is 0 Å². The molecule has 10 rings (SSSR count). The Balaban J connectivity index is 0.000000172. The molecule has 10 aromatic carbocycles. The number of benzene rings is 10. The number of aryl methyl sites for hydroxylation is 2. The fourth-order valence-electron chi connectivity index (χ4n) is 9.56. The summed E-state index contributed by atoms with van der Waals surface area (Å²) in [4.78, 5) is 0. The van der Waals surface area contributed by atoms with Gasteiger partial charge >= 0.3 is 0 Å². The second-order valence-electron chi connectivity index (χ2n) is 22.9. The molecule has 0 aliphatic heterocycles. The van der Waals surface area contributed by atoms with E-state index in [0.29, 0.717) is 41.4 Å². The van der Waals surface area contributed by atoms with Gasteiger partial charge in [0.2, 0.25) is 0 Å². The third-order valence-corrected chi connectivity index (χ3v) is 14.2. The molecule has 0 aromatic heterocycles. The first-order chi connectivity index (χ1) is 36.8. The lowest BCUT2D eigenvalue weighted by Gasteiger charge is -2.14. The molecule has 0 aliphatic rings. The molecule has 0 saturated heterocycles. The van der Waals surface area contributed by atoms with Crippen LogP contribution in [-0.4, -0.2) is 0 Å². The van der Waals surface area contributed by atoms with Crippen molar-refractivity contribution in [2.24, 2.45) is 0 Å². The van der Waals surface area contributed by atoms with Gasteiger partial charge in [-0.2, -0.15) is 0 Å². The summed E-state index contributed by atoms with van der Waals surface area (Å²) in [5.74, 6) is 4.35. The first kappa shape index (κ1) is 60.8. The second kappa shape index (κ2) is 30.7. The van der Waals surface area contributed by atoms with Gasteiger partial charge in [0.25, 0.3) is 0 Å². The van der Waals surface area contributed by atoms with Crippen molar-refractivity contribution >= 4 is 32.3 Å². The van der Waals surface area contributed by atoms with E-state index in [4.69, 9.17) is 0 Å². The third-order valence-electron chi connectivity index (χ3n) is 14.2. The monoisotopic (exact) mass is 1020 g/mol. The van der Waals surface area contributed by atoms with Crippen LogP contribution in [0.3, 0.4) is 0 Å². The Kier molecular flexibility index (Phi) is 24.2. The molecule has 0 N–H and O–H groups in total. The van der Waals surface area contributed by atoms with Crippen LogP contribution in [-0.2, 0) is 0 Å². The van der Waals surface area contributed by atoms with E-state index in [-0.39, 0.29) is 0 Å². The van der Waals surface area contributed by atoms with Gasteiger partial charge in [0.1, 0.15) is 0 Å². The Bertz CT molecular complexity index is 3150. The number of rotatable bonds is 8. The minimum atomic E-state index is 0.547. The van der Waals surface area contributed by atoms with Gasteiger partial charge < -0.3 is 0 Å². The molecule has 0 unspecified atom stereocenters. The molecular weight excluding hydrogens is 925 g/mol. The summed E-state index contributed by atoms with van der Waals surface area (Å²) in [5.41, 5.74) is 15.3. The van der Waals surface area contributed by atoms with Gasteiger partial charge in [0.15, 0.2) is 0 Å². The van der Waals surface area contributed by atoms with Crippen LogP contribution in [0.1, 0.15) is 188 Å². The highest BCUT2D eigenvalue weighted by Crippen LogP contribution is 2.33. The van der Waals surface area contributed by atoms with E-state index in [1.807, 2.05) is 12.1 Å². The van der Waals surface area contributed by atoms with E-state index in [9.17, 15) is 0 Å². The number of hydrogen-bond donors (Lipinski definition) is 0. The van der Waals surface area contributed by atoms with E-state index < -0.39 is 0 Å². The Morgan fingerprint density at radius 2 is 0.558 bits per heavy atom. The SMILES string of the molecule is CC(C)c1c2ccccc2cc2ccccc12.CC(C)c1ccc(-c2ccccc2)cc1.CC(C)c1ccc(C(C)C)cc1.CC(C)c1cccc2ccccc12.CC(C)c1ccccc1.Cc1cc(C)cc(C(C)C)c1. The van der Waals surface area contributed by atoms with Gasteiger partial charge in [0, 0.05) is 0 Å². The molecule has 400 valence electrons. The summed E-state index contributed by atoms with van der Waals surface area (Å²) < 4.78 is 0. The smallest absolute Gasteiger partial charge is 0.0143 e. The predicted molar refractivity (Wildman–Crippen MR) is 345 cm³/mol. The Morgan fingerprint density at radius 1 is 0.221 bits per heavy atom. The molecule has 0 bridgehead atoms. The topological polar surface area (TPSA) is 0 Å². The van der Waals surface area contributed by atoms with Crippen molar-refractivity contribution in [3.8, 4) is 11.1 Å². The van der Waals surface area contributed by atoms with E-state index in [2.05, 4.69) is 323 Å². The first-order valence-electron chi connectivity index (χ1n) is 28.6. The highest BCUT2D eigenvalue weighted by atomic mass is 14.1. The summed E-state index contributed by atoms with van der Waals surface area (Å²) in [5, 5.41) is 8.20. The molecule has 0 saturated carbocycles. The van der Waals surface area contributed by atoms with Crippen molar-refractivity contribution in [3.05, 3.63) is 275 Å². The van der Waals surface area contributed by atoms with Crippen LogP contribution in [0.4, 0.5) is 0 Å². The predicted octanol–water partition coefficient (Wildman–Crippen LogP) is 23.7. The largest absolute Gasteiger partial charge is 0.0622 e. The zero-order valence-corrected chi connectivity index (χ0v) is 49.9. The van der Waals surface area contributed by atoms with E-state index in [1.165, 1.54) is 93.5 Å². The second-order valence-corrected chi connectivity index (χ2v) is 22.9. The van der Waals surface area contributed by atoms with Crippen LogP contribution in [0.5, 0.6) is 0 Å². The van der Waals surface area contributed by atoms with Crippen molar-refractivity contribution in [1.82, 2.24) is 0 Å². The molecule has 0 heteroatoms. The lowest BCUT2D eigenvalue weighted by Crippen LogP contribution is -1.92. The number of hydrogen-bond acceptors (Lipinski definition) is 0. The van der Waals surface area contributed by atoms with Crippen molar-refractivity contribution in [2.75, 3.05) is 0 Å². The summed E-state index contributed by atoms with van der Waals surface area (Å²) in [6, 6.07) is 80.2. The van der Waals surface area contributed by atoms with Crippen LogP contribution in [0.15, 0.2) is 224 Å². The fraction of sp³-hybridized carbons (Fsp3) is 0.299. The fourth-order valence-corrected chi connectivity index (χ4v) is 9.56. The average molecular weight is 1020 g/mol. The number of fused-ring (bicyclic) bond motifs is 3. The summed E-state index contributed by atoms with van der Waals surface area (Å²) in [6.07, 6.45) is 0. The summed E-state index contributed by atoms with van der Waals surface area (Å²) >= 11 is 0. The molecule has 0 fully saturated rings. The van der Waals surface area contributed by atoms with E-state index in [0.717, 1.165) is 0 Å². The maximum absolute atomic E-state index is 2.29. The first-order valence-corrected chi connectivity index (χ1v) is 28.6. The quantitative estimate of drug-likeness (QED) is 0.133. The third kappa shape index (κ3) is 18.9. The van der Waals surface area contributed by atoms with Gasteiger partial charge in [-0.3, -0.25) is 0 Å². The molecule has 0 aliphatic carbocycles. The summed E-state index contributed by atoms with van der Waals surface area (Å²) in [6.45, 7) is 35.5. The van der Waals surface area contributed by atoms with Gasteiger partial charge in [-0.25, -0.2) is 0 Å². The van der Waals surface area contributed by atoms with Crippen LogP contribution < -0.4 is 0 Å². The Hall–Kier alpha value is -7.02. The maximum atomic E-state index is 2.29. The van der Waals surface area contributed by atoms with Crippen molar-refractivity contribution in [1.29, 1.82) is 0 Å². The summed E-state index contributed by atoms with van der Waals surface area (Å²) in [7, 11) is 0. The van der Waals surface area contributed by atoms with Crippen LogP contribution >= 0.6 is 0 Å². The molecule has 10 aromatic rings. The minimum Gasteiger partial charge on any atom is -0.0622 e. The van der Waals surface area contributed by atoms with E-state index >= 15 is 0 Å². The zero-order valence-electron chi connectivity index (χ0n) is 49.9. The van der Waals surface area contributed by atoms with Crippen LogP contribution in [0, 0.1) is 13.8 Å².